The van der Waals surface area contributed by atoms with E-state index in [1.54, 1.807) is 13.1 Å². The van der Waals surface area contributed by atoms with Crippen molar-refractivity contribution in [3.63, 3.8) is 0 Å². The maximum absolute atomic E-state index is 12.2. The first-order valence-electron chi connectivity index (χ1n) is 7.97. The molecule has 1 saturated heterocycles. The van der Waals surface area contributed by atoms with E-state index in [9.17, 15) is 9.90 Å². The summed E-state index contributed by atoms with van der Waals surface area (Å²) < 4.78 is 0. The van der Waals surface area contributed by atoms with E-state index in [0.717, 1.165) is 31.5 Å². The highest BCUT2D eigenvalue weighted by atomic mass is 35.5. The first-order valence-corrected chi connectivity index (χ1v) is 8.35. The highest BCUT2D eigenvalue weighted by Gasteiger charge is 2.25. The van der Waals surface area contributed by atoms with Gasteiger partial charge in [0.05, 0.1) is 12.0 Å². The maximum Gasteiger partial charge on any atom is 0.227 e. The molecule has 1 fully saturated rings. The van der Waals surface area contributed by atoms with Gasteiger partial charge in [0.15, 0.2) is 0 Å². The summed E-state index contributed by atoms with van der Waals surface area (Å²) >= 11 is 6.03. The van der Waals surface area contributed by atoms with Gasteiger partial charge in [-0.3, -0.25) is 4.79 Å². The molecule has 0 aromatic heterocycles. The van der Waals surface area contributed by atoms with Gasteiger partial charge in [-0.1, -0.05) is 23.7 Å². The van der Waals surface area contributed by atoms with Crippen molar-refractivity contribution in [3.8, 4) is 0 Å². The van der Waals surface area contributed by atoms with Crippen LogP contribution in [0.5, 0.6) is 0 Å². The van der Waals surface area contributed by atoms with Crippen LogP contribution in [0.4, 0.5) is 0 Å². The molecular weight excluding hydrogens is 300 g/mol. The van der Waals surface area contributed by atoms with E-state index in [-0.39, 0.29) is 17.9 Å². The number of hydrogen-bond acceptors (Lipinski definition) is 3. The number of halogens is 1. The number of carbonyl (C=O) groups excluding carboxylic acids is 1. The van der Waals surface area contributed by atoms with Crippen LogP contribution in [0, 0.1) is 5.92 Å². The Balaban J connectivity index is 1.99. The number of aliphatic hydroxyl groups is 1. The molecular formula is C17H25ClN2O2. The Morgan fingerprint density at radius 1 is 1.50 bits per heavy atom. The van der Waals surface area contributed by atoms with Gasteiger partial charge >= 0.3 is 0 Å². The van der Waals surface area contributed by atoms with E-state index in [1.807, 2.05) is 18.2 Å². The van der Waals surface area contributed by atoms with Crippen molar-refractivity contribution in [2.45, 2.75) is 37.7 Å². The van der Waals surface area contributed by atoms with Gasteiger partial charge in [0.2, 0.25) is 5.91 Å². The average Bonchev–Trinajstić information content (AvgIpc) is 2.55. The quantitative estimate of drug-likeness (QED) is 0.752. The molecule has 3 atom stereocenters. The van der Waals surface area contributed by atoms with Gasteiger partial charge in [0, 0.05) is 18.6 Å². The highest BCUT2D eigenvalue weighted by molar-refractivity contribution is 6.30. The van der Waals surface area contributed by atoms with Crippen molar-refractivity contribution < 1.29 is 9.90 Å². The Morgan fingerprint density at radius 2 is 2.32 bits per heavy atom. The summed E-state index contributed by atoms with van der Waals surface area (Å²) in [4.78, 5) is 12.2. The second kappa shape index (κ2) is 8.51. The normalized spacial score (nSPS) is 21.1. The van der Waals surface area contributed by atoms with Crippen LogP contribution in [-0.2, 0) is 4.79 Å². The maximum atomic E-state index is 12.2. The molecule has 5 heteroatoms. The number of rotatable bonds is 6. The van der Waals surface area contributed by atoms with Crippen molar-refractivity contribution in [1.82, 2.24) is 10.6 Å². The average molecular weight is 325 g/mol. The lowest BCUT2D eigenvalue weighted by atomic mass is 9.86. The van der Waals surface area contributed by atoms with Crippen LogP contribution >= 0.6 is 11.6 Å². The smallest absolute Gasteiger partial charge is 0.227 e. The van der Waals surface area contributed by atoms with Gasteiger partial charge in [0.25, 0.3) is 0 Å². The lowest BCUT2D eigenvalue weighted by molar-refractivity contribution is -0.122. The Morgan fingerprint density at radius 3 is 2.95 bits per heavy atom. The summed E-state index contributed by atoms with van der Waals surface area (Å²) in [6, 6.07) is 7.40. The molecule has 3 N–H and O–H groups in total. The van der Waals surface area contributed by atoms with Crippen LogP contribution in [-0.4, -0.2) is 37.3 Å². The van der Waals surface area contributed by atoms with Gasteiger partial charge in [-0.15, -0.1) is 0 Å². The molecule has 0 aliphatic carbocycles. The van der Waals surface area contributed by atoms with Gasteiger partial charge in [0.1, 0.15) is 0 Å². The SMILES string of the molecule is CNC(=O)C(CC[C@H](O)[C@@H]1CCCNC1)c1cccc(Cl)c1. The summed E-state index contributed by atoms with van der Waals surface area (Å²) in [6.45, 7) is 1.90. The predicted molar refractivity (Wildman–Crippen MR) is 89.1 cm³/mol. The Labute approximate surface area is 137 Å². The van der Waals surface area contributed by atoms with Crippen molar-refractivity contribution >= 4 is 17.5 Å². The number of likely N-dealkylation sites (N-methyl/N-ethyl adjacent to an activating group) is 1. The van der Waals surface area contributed by atoms with Gasteiger partial charge in [-0.05, 0) is 55.8 Å². The molecule has 122 valence electrons. The number of hydrogen-bond donors (Lipinski definition) is 3. The zero-order chi connectivity index (χ0) is 15.9. The molecule has 1 unspecified atom stereocenters. The van der Waals surface area contributed by atoms with Crippen LogP contribution in [0.15, 0.2) is 24.3 Å². The molecule has 0 saturated carbocycles. The van der Waals surface area contributed by atoms with Gasteiger partial charge < -0.3 is 15.7 Å². The summed E-state index contributed by atoms with van der Waals surface area (Å²) in [6.07, 6.45) is 3.04. The lowest BCUT2D eigenvalue weighted by Gasteiger charge is -2.28. The van der Waals surface area contributed by atoms with Crippen LogP contribution in [0.3, 0.4) is 0 Å². The zero-order valence-corrected chi connectivity index (χ0v) is 13.8. The number of benzene rings is 1. The predicted octanol–water partition coefficient (Wildman–Crippen LogP) is 2.31. The Kier molecular flexibility index (Phi) is 6.68. The van der Waals surface area contributed by atoms with Crippen LogP contribution in [0.25, 0.3) is 0 Å². The number of carbonyl (C=O) groups is 1. The van der Waals surface area contributed by atoms with E-state index in [0.29, 0.717) is 23.8 Å². The minimum atomic E-state index is -0.362. The fraction of sp³-hybridized carbons (Fsp3) is 0.588. The number of amides is 1. The van der Waals surface area contributed by atoms with E-state index in [2.05, 4.69) is 10.6 Å². The minimum Gasteiger partial charge on any atom is -0.393 e. The summed E-state index contributed by atoms with van der Waals surface area (Å²) in [5.41, 5.74) is 0.904. The monoisotopic (exact) mass is 324 g/mol. The minimum absolute atomic E-state index is 0.0313. The molecule has 0 radical (unpaired) electrons. The molecule has 4 nitrogen and oxygen atoms in total. The number of piperidine rings is 1. The fourth-order valence-corrected chi connectivity index (χ4v) is 3.33. The second-order valence-corrected chi connectivity index (χ2v) is 6.41. The molecule has 22 heavy (non-hydrogen) atoms. The molecule has 0 bridgehead atoms. The third-order valence-electron chi connectivity index (χ3n) is 4.44. The third-order valence-corrected chi connectivity index (χ3v) is 4.68. The molecule has 1 aliphatic rings. The van der Waals surface area contributed by atoms with Crippen molar-refractivity contribution in [2.24, 2.45) is 5.92 Å². The topological polar surface area (TPSA) is 61.4 Å². The van der Waals surface area contributed by atoms with E-state index >= 15 is 0 Å². The third kappa shape index (κ3) is 4.70. The fourth-order valence-electron chi connectivity index (χ4n) is 3.13. The zero-order valence-electron chi connectivity index (χ0n) is 13.0. The first kappa shape index (κ1) is 17.3. The molecule has 0 spiro atoms. The van der Waals surface area contributed by atoms with E-state index in [4.69, 9.17) is 11.6 Å². The van der Waals surface area contributed by atoms with Crippen LogP contribution in [0.1, 0.15) is 37.2 Å². The first-order chi connectivity index (χ1) is 10.6. The molecule has 1 heterocycles. The summed E-state index contributed by atoms with van der Waals surface area (Å²) in [5.74, 6) is -0.00964. The summed E-state index contributed by atoms with van der Waals surface area (Å²) in [7, 11) is 1.64. The number of nitrogens with one attached hydrogen (secondary N) is 2. The largest absolute Gasteiger partial charge is 0.393 e. The lowest BCUT2D eigenvalue weighted by Crippen LogP contribution is -2.37. The standard InChI is InChI=1S/C17H25ClN2O2/c1-19-17(22)15(12-4-2-6-14(18)10-12)7-8-16(21)13-5-3-9-20-11-13/h2,4,6,10,13,15-16,20-21H,3,5,7-9,11H2,1H3,(H,19,22)/t13-,15?,16+/m1/s1. The molecule has 1 amide bonds. The van der Waals surface area contributed by atoms with Gasteiger partial charge in [-0.25, -0.2) is 0 Å². The Hall–Kier alpha value is -1.10. The molecule has 1 aromatic rings. The highest BCUT2D eigenvalue weighted by Crippen LogP contribution is 2.27. The van der Waals surface area contributed by atoms with E-state index in [1.165, 1.54) is 0 Å². The van der Waals surface area contributed by atoms with Crippen LogP contribution < -0.4 is 10.6 Å². The molecule has 1 aliphatic heterocycles. The summed E-state index contributed by atoms with van der Waals surface area (Å²) in [5, 5.41) is 17.0. The van der Waals surface area contributed by atoms with Crippen molar-refractivity contribution in [2.75, 3.05) is 20.1 Å². The second-order valence-electron chi connectivity index (χ2n) is 5.97. The molecule has 2 rings (SSSR count). The van der Waals surface area contributed by atoms with Gasteiger partial charge in [-0.2, -0.15) is 0 Å². The Bertz CT molecular complexity index is 489. The van der Waals surface area contributed by atoms with Crippen molar-refractivity contribution in [3.05, 3.63) is 34.9 Å². The molecule has 1 aromatic carbocycles. The van der Waals surface area contributed by atoms with Crippen molar-refractivity contribution in [1.29, 1.82) is 0 Å². The number of aliphatic hydroxyl groups excluding tert-OH is 1. The van der Waals surface area contributed by atoms with Crippen LogP contribution in [0.2, 0.25) is 5.02 Å². The van der Waals surface area contributed by atoms with E-state index < -0.39 is 0 Å².